The molecule has 0 fully saturated rings. The highest BCUT2D eigenvalue weighted by Crippen LogP contribution is 2.30. The van der Waals surface area contributed by atoms with Crippen LogP contribution >= 0.6 is 0 Å². The summed E-state index contributed by atoms with van der Waals surface area (Å²) in [5, 5.41) is 0. The lowest BCUT2D eigenvalue weighted by molar-refractivity contribution is 0.745. The maximum atomic E-state index is 5.73. The number of nitrogens with two attached hydrogens (primary N) is 1. The van der Waals surface area contributed by atoms with Gasteiger partial charge in [0.1, 0.15) is 0 Å². The van der Waals surface area contributed by atoms with Crippen LogP contribution < -0.4 is 10.6 Å². The molecule has 0 bridgehead atoms. The number of aryl methyl sites for hydroxylation is 1. The first-order chi connectivity index (χ1) is 8.11. The van der Waals surface area contributed by atoms with Crippen LogP contribution in [0.1, 0.15) is 44.2 Å². The van der Waals surface area contributed by atoms with Crippen molar-refractivity contribution in [1.29, 1.82) is 0 Å². The molecular formula is C15H26N2. The van der Waals surface area contributed by atoms with Crippen molar-refractivity contribution in [2.24, 2.45) is 5.73 Å². The molecule has 0 aliphatic carbocycles. The molecule has 0 aliphatic rings. The lowest BCUT2D eigenvalue weighted by Crippen LogP contribution is -2.31. The summed E-state index contributed by atoms with van der Waals surface area (Å²) in [7, 11) is 0. The number of para-hydroxylation sites is 1. The average molecular weight is 234 g/mol. The molecule has 0 saturated heterocycles. The van der Waals surface area contributed by atoms with E-state index in [4.69, 9.17) is 5.73 Å². The van der Waals surface area contributed by atoms with Crippen LogP contribution in [-0.4, -0.2) is 19.6 Å². The van der Waals surface area contributed by atoms with Gasteiger partial charge in [-0.15, -0.1) is 0 Å². The second-order valence-electron chi connectivity index (χ2n) is 4.94. The first-order valence-electron chi connectivity index (χ1n) is 6.66. The van der Waals surface area contributed by atoms with Crippen LogP contribution in [0.25, 0.3) is 0 Å². The summed E-state index contributed by atoms with van der Waals surface area (Å²) in [4.78, 5) is 2.44. The van der Waals surface area contributed by atoms with E-state index in [1.807, 2.05) is 0 Å². The van der Waals surface area contributed by atoms with Crippen molar-refractivity contribution < 1.29 is 0 Å². The highest BCUT2D eigenvalue weighted by Gasteiger charge is 2.14. The molecule has 1 aromatic carbocycles. The monoisotopic (exact) mass is 234 g/mol. The predicted octanol–water partition coefficient (Wildman–Crippen LogP) is 3.29. The topological polar surface area (TPSA) is 29.3 Å². The quantitative estimate of drug-likeness (QED) is 0.818. The third-order valence-electron chi connectivity index (χ3n) is 3.10. The van der Waals surface area contributed by atoms with Crippen LogP contribution in [0.2, 0.25) is 0 Å². The molecule has 2 heteroatoms. The Balaban J connectivity index is 3.14. The molecule has 0 unspecified atom stereocenters. The van der Waals surface area contributed by atoms with Crippen LogP contribution in [0.4, 0.5) is 5.69 Å². The summed E-state index contributed by atoms with van der Waals surface area (Å²) >= 11 is 0. The van der Waals surface area contributed by atoms with Gasteiger partial charge < -0.3 is 10.6 Å². The molecular weight excluding hydrogens is 208 g/mol. The largest absolute Gasteiger partial charge is 0.370 e. The van der Waals surface area contributed by atoms with Crippen molar-refractivity contribution in [2.45, 2.75) is 40.0 Å². The van der Waals surface area contributed by atoms with Crippen molar-refractivity contribution in [3.63, 3.8) is 0 Å². The zero-order valence-electron chi connectivity index (χ0n) is 11.7. The minimum absolute atomic E-state index is 0.557. The van der Waals surface area contributed by atoms with E-state index in [0.29, 0.717) is 12.5 Å². The summed E-state index contributed by atoms with van der Waals surface area (Å²) in [5.41, 5.74) is 9.93. The van der Waals surface area contributed by atoms with E-state index >= 15 is 0 Å². The number of nitrogens with zero attached hydrogens (tertiary/aromatic N) is 1. The number of benzene rings is 1. The van der Waals surface area contributed by atoms with E-state index in [0.717, 1.165) is 19.5 Å². The fourth-order valence-electron chi connectivity index (χ4n) is 2.34. The second kappa shape index (κ2) is 6.65. The molecule has 0 saturated carbocycles. The zero-order chi connectivity index (χ0) is 12.8. The Morgan fingerprint density at radius 1 is 1.24 bits per heavy atom. The first-order valence-corrected chi connectivity index (χ1v) is 6.66. The predicted molar refractivity (Wildman–Crippen MR) is 76.8 cm³/mol. The smallest absolute Gasteiger partial charge is 0.0431 e. The van der Waals surface area contributed by atoms with Gasteiger partial charge in [-0.05, 0) is 30.4 Å². The van der Waals surface area contributed by atoms with E-state index in [1.54, 1.807) is 0 Å². The number of hydrogen-bond donors (Lipinski definition) is 1. The average Bonchev–Trinajstić information content (AvgIpc) is 2.28. The Morgan fingerprint density at radius 2 is 1.94 bits per heavy atom. The van der Waals surface area contributed by atoms with Gasteiger partial charge in [-0.1, -0.05) is 39.0 Å². The summed E-state index contributed by atoms with van der Waals surface area (Å²) in [6.07, 6.45) is 1.16. The molecule has 0 aromatic heterocycles. The summed E-state index contributed by atoms with van der Waals surface area (Å²) in [6, 6.07) is 6.59. The van der Waals surface area contributed by atoms with Crippen LogP contribution in [0, 0.1) is 6.92 Å². The van der Waals surface area contributed by atoms with Gasteiger partial charge in [0, 0.05) is 25.3 Å². The van der Waals surface area contributed by atoms with Gasteiger partial charge in [0.15, 0.2) is 0 Å². The van der Waals surface area contributed by atoms with E-state index in [9.17, 15) is 0 Å². The fourth-order valence-corrected chi connectivity index (χ4v) is 2.34. The first kappa shape index (κ1) is 14.0. The zero-order valence-corrected chi connectivity index (χ0v) is 11.7. The molecule has 96 valence electrons. The third kappa shape index (κ3) is 3.47. The van der Waals surface area contributed by atoms with Crippen LogP contribution in [0.3, 0.4) is 0 Å². The fraction of sp³-hybridized carbons (Fsp3) is 0.600. The van der Waals surface area contributed by atoms with Gasteiger partial charge in [0.25, 0.3) is 0 Å². The SMILES string of the molecule is CCCN(CCN)c1c(C)cccc1C(C)C. The van der Waals surface area contributed by atoms with Crippen LogP contribution in [0.15, 0.2) is 18.2 Å². The molecule has 1 aromatic rings. The standard InChI is InChI=1S/C15H26N2/c1-5-10-17(11-9-16)15-13(4)7-6-8-14(15)12(2)3/h6-8,12H,5,9-11,16H2,1-4H3. The van der Waals surface area contributed by atoms with Crippen molar-refractivity contribution in [3.8, 4) is 0 Å². The van der Waals surface area contributed by atoms with Crippen molar-refractivity contribution in [1.82, 2.24) is 0 Å². The minimum atomic E-state index is 0.557. The van der Waals surface area contributed by atoms with Gasteiger partial charge in [0.2, 0.25) is 0 Å². The van der Waals surface area contributed by atoms with Crippen molar-refractivity contribution in [2.75, 3.05) is 24.5 Å². The van der Waals surface area contributed by atoms with Crippen LogP contribution in [0.5, 0.6) is 0 Å². The molecule has 17 heavy (non-hydrogen) atoms. The lowest BCUT2D eigenvalue weighted by Gasteiger charge is -2.29. The van der Waals surface area contributed by atoms with Crippen molar-refractivity contribution >= 4 is 5.69 Å². The molecule has 0 heterocycles. The molecule has 2 nitrogen and oxygen atoms in total. The maximum absolute atomic E-state index is 5.73. The Hall–Kier alpha value is -1.02. The molecule has 0 spiro atoms. The number of hydrogen-bond acceptors (Lipinski definition) is 2. The van der Waals surface area contributed by atoms with Gasteiger partial charge in [-0.3, -0.25) is 0 Å². The highest BCUT2D eigenvalue weighted by molar-refractivity contribution is 5.60. The molecule has 0 aliphatic heterocycles. The Bertz CT molecular complexity index is 339. The molecule has 0 atom stereocenters. The summed E-state index contributed by atoms with van der Waals surface area (Å²) < 4.78 is 0. The van der Waals surface area contributed by atoms with E-state index in [1.165, 1.54) is 16.8 Å². The summed E-state index contributed by atoms with van der Waals surface area (Å²) in [6.45, 7) is 11.7. The Labute approximate surface area is 106 Å². The molecule has 1 rings (SSSR count). The van der Waals surface area contributed by atoms with Gasteiger partial charge >= 0.3 is 0 Å². The van der Waals surface area contributed by atoms with E-state index in [-0.39, 0.29) is 0 Å². The molecule has 2 N–H and O–H groups in total. The van der Waals surface area contributed by atoms with E-state index in [2.05, 4.69) is 50.8 Å². The van der Waals surface area contributed by atoms with E-state index < -0.39 is 0 Å². The van der Waals surface area contributed by atoms with Gasteiger partial charge in [-0.2, -0.15) is 0 Å². The van der Waals surface area contributed by atoms with Gasteiger partial charge in [-0.25, -0.2) is 0 Å². The second-order valence-corrected chi connectivity index (χ2v) is 4.94. The normalized spacial score (nSPS) is 10.9. The number of rotatable bonds is 6. The minimum Gasteiger partial charge on any atom is -0.370 e. The Morgan fingerprint density at radius 3 is 2.47 bits per heavy atom. The molecule has 0 radical (unpaired) electrons. The van der Waals surface area contributed by atoms with Gasteiger partial charge in [0.05, 0.1) is 0 Å². The third-order valence-corrected chi connectivity index (χ3v) is 3.10. The lowest BCUT2D eigenvalue weighted by atomic mass is 9.97. The Kier molecular flexibility index (Phi) is 5.49. The van der Waals surface area contributed by atoms with Crippen LogP contribution in [-0.2, 0) is 0 Å². The maximum Gasteiger partial charge on any atom is 0.0431 e. The summed E-state index contributed by atoms with van der Waals surface area (Å²) in [5.74, 6) is 0.557. The number of anilines is 1. The highest BCUT2D eigenvalue weighted by atomic mass is 15.1. The van der Waals surface area contributed by atoms with Crippen molar-refractivity contribution in [3.05, 3.63) is 29.3 Å². The molecule has 0 amide bonds.